The maximum atomic E-state index is 13.0. The number of pyridine rings is 2. The molecule has 35 heavy (non-hydrogen) atoms. The molecule has 0 aliphatic carbocycles. The van der Waals surface area contributed by atoms with E-state index < -0.39 is 0 Å². The van der Waals surface area contributed by atoms with Gasteiger partial charge in [0, 0.05) is 75.4 Å². The van der Waals surface area contributed by atoms with E-state index in [1.165, 1.54) is 0 Å². The van der Waals surface area contributed by atoms with E-state index >= 15 is 0 Å². The van der Waals surface area contributed by atoms with Crippen molar-refractivity contribution in [1.29, 1.82) is 0 Å². The molecule has 0 spiro atoms. The number of benzene rings is 1. The third-order valence-electron chi connectivity index (χ3n) is 6.22. The Kier molecular flexibility index (Phi) is 6.24. The first kappa shape index (κ1) is 22.7. The predicted octanol–water partition coefficient (Wildman–Crippen LogP) is 3.16. The maximum Gasteiger partial charge on any atom is 0.258 e. The number of piperazine rings is 1. The molecular formula is C26H28N8O. The van der Waals surface area contributed by atoms with E-state index in [1.54, 1.807) is 18.5 Å². The van der Waals surface area contributed by atoms with Gasteiger partial charge in [-0.15, -0.1) is 0 Å². The molecule has 0 atom stereocenters. The highest BCUT2D eigenvalue weighted by Crippen LogP contribution is 2.26. The van der Waals surface area contributed by atoms with Crippen LogP contribution in [0.1, 0.15) is 10.4 Å². The largest absolute Gasteiger partial charge is 0.376 e. The summed E-state index contributed by atoms with van der Waals surface area (Å²) in [6.45, 7) is 3.72. The van der Waals surface area contributed by atoms with Gasteiger partial charge in [0.25, 0.3) is 5.91 Å². The normalized spacial score (nSPS) is 14.2. The van der Waals surface area contributed by atoms with E-state index in [-0.39, 0.29) is 11.9 Å². The van der Waals surface area contributed by atoms with Crippen LogP contribution in [-0.4, -0.2) is 78.1 Å². The molecule has 4 aromatic rings. The molecule has 1 N–H and O–H groups in total. The number of carbonyl (C=O) groups is 1. The summed E-state index contributed by atoms with van der Waals surface area (Å²) in [6, 6.07) is 11.6. The number of amides is 1. The first-order chi connectivity index (χ1) is 17.0. The molecule has 1 aliphatic rings. The Labute approximate surface area is 204 Å². The van der Waals surface area contributed by atoms with Gasteiger partial charge in [-0.3, -0.25) is 15.1 Å². The van der Waals surface area contributed by atoms with Gasteiger partial charge in [-0.2, -0.15) is 0 Å². The quantitative estimate of drug-likeness (QED) is 0.478. The van der Waals surface area contributed by atoms with Crippen LogP contribution < -0.4 is 15.1 Å². The SMILES string of the molecule is CN1CCN(c2cc(C(=O)Nc3ncc4ccc(-c5cncc(N(C)C)c5)cc4n3)ccn2)CC1. The monoisotopic (exact) mass is 468 g/mol. The van der Waals surface area contributed by atoms with Crippen molar-refractivity contribution >= 4 is 34.3 Å². The van der Waals surface area contributed by atoms with Gasteiger partial charge in [0.1, 0.15) is 5.82 Å². The number of nitrogens with zero attached hydrogens (tertiary/aromatic N) is 7. The van der Waals surface area contributed by atoms with Crippen LogP contribution in [0.5, 0.6) is 0 Å². The molecule has 1 aliphatic heterocycles. The highest BCUT2D eigenvalue weighted by Gasteiger charge is 2.17. The summed E-state index contributed by atoms with van der Waals surface area (Å²) < 4.78 is 0. The van der Waals surface area contributed by atoms with Gasteiger partial charge in [0.05, 0.1) is 17.4 Å². The molecule has 1 aromatic carbocycles. The fourth-order valence-electron chi connectivity index (χ4n) is 4.04. The van der Waals surface area contributed by atoms with Crippen molar-refractivity contribution in [3.05, 3.63) is 66.7 Å². The van der Waals surface area contributed by atoms with Crippen LogP contribution in [0.4, 0.5) is 17.5 Å². The van der Waals surface area contributed by atoms with E-state index in [0.29, 0.717) is 5.56 Å². The van der Waals surface area contributed by atoms with E-state index in [0.717, 1.165) is 59.7 Å². The van der Waals surface area contributed by atoms with Gasteiger partial charge < -0.3 is 14.7 Å². The maximum absolute atomic E-state index is 13.0. The Morgan fingerprint density at radius 2 is 1.77 bits per heavy atom. The first-order valence-corrected chi connectivity index (χ1v) is 11.6. The summed E-state index contributed by atoms with van der Waals surface area (Å²) in [4.78, 5) is 37.2. The Bertz CT molecular complexity index is 1360. The van der Waals surface area contributed by atoms with Crippen LogP contribution in [0, 0.1) is 0 Å². The van der Waals surface area contributed by atoms with Crippen molar-refractivity contribution in [1.82, 2.24) is 24.8 Å². The third kappa shape index (κ3) is 5.04. The number of likely N-dealkylation sites (N-methyl/N-ethyl adjacent to an activating group) is 1. The highest BCUT2D eigenvalue weighted by atomic mass is 16.1. The fourth-order valence-corrected chi connectivity index (χ4v) is 4.04. The second-order valence-corrected chi connectivity index (χ2v) is 8.94. The molecular weight excluding hydrogens is 440 g/mol. The molecule has 3 aromatic heterocycles. The summed E-state index contributed by atoms with van der Waals surface area (Å²) in [6.07, 6.45) is 7.05. The minimum atomic E-state index is -0.263. The lowest BCUT2D eigenvalue weighted by Crippen LogP contribution is -2.44. The minimum Gasteiger partial charge on any atom is -0.376 e. The lowest BCUT2D eigenvalue weighted by atomic mass is 10.1. The molecule has 0 bridgehead atoms. The summed E-state index contributed by atoms with van der Waals surface area (Å²) in [5.74, 6) is 0.808. The molecule has 0 unspecified atom stereocenters. The average Bonchev–Trinajstić information content (AvgIpc) is 2.89. The van der Waals surface area contributed by atoms with E-state index in [2.05, 4.69) is 48.2 Å². The minimum absolute atomic E-state index is 0.262. The zero-order valence-corrected chi connectivity index (χ0v) is 20.1. The van der Waals surface area contributed by atoms with Gasteiger partial charge >= 0.3 is 0 Å². The van der Waals surface area contributed by atoms with E-state index in [9.17, 15) is 4.79 Å². The Balaban J connectivity index is 1.36. The molecule has 1 saturated heterocycles. The molecule has 178 valence electrons. The summed E-state index contributed by atoms with van der Waals surface area (Å²) >= 11 is 0. The Morgan fingerprint density at radius 3 is 2.57 bits per heavy atom. The van der Waals surface area contributed by atoms with Crippen molar-refractivity contribution < 1.29 is 4.79 Å². The number of aromatic nitrogens is 4. The van der Waals surface area contributed by atoms with Crippen LogP contribution in [0.25, 0.3) is 22.0 Å². The average molecular weight is 469 g/mol. The van der Waals surface area contributed by atoms with Crippen molar-refractivity contribution in [3.63, 3.8) is 0 Å². The van der Waals surface area contributed by atoms with Crippen LogP contribution in [-0.2, 0) is 0 Å². The van der Waals surface area contributed by atoms with Crippen molar-refractivity contribution in [2.24, 2.45) is 0 Å². The topological polar surface area (TPSA) is 90.4 Å². The lowest BCUT2D eigenvalue weighted by molar-refractivity contribution is 0.102. The van der Waals surface area contributed by atoms with Gasteiger partial charge in [-0.05, 0) is 36.9 Å². The summed E-state index contributed by atoms with van der Waals surface area (Å²) in [5.41, 5.74) is 4.28. The van der Waals surface area contributed by atoms with Crippen LogP contribution in [0.15, 0.2) is 61.2 Å². The summed E-state index contributed by atoms with van der Waals surface area (Å²) in [5, 5.41) is 3.73. The van der Waals surface area contributed by atoms with Crippen molar-refractivity contribution in [3.8, 4) is 11.1 Å². The Morgan fingerprint density at radius 1 is 0.943 bits per heavy atom. The molecule has 9 nitrogen and oxygen atoms in total. The van der Waals surface area contributed by atoms with E-state index in [4.69, 9.17) is 0 Å². The number of anilines is 3. The second kappa shape index (κ2) is 9.63. The second-order valence-electron chi connectivity index (χ2n) is 8.94. The molecule has 5 rings (SSSR count). The van der Waals surface area contributed by atoms with Crippen LogP contribution in [0.3, 0.4) is 0 Å². The predicted molar refractivity (Wildman–Crippen MR) is 139 cm³/mol. The molecule has 4 heterocycles. The van der Waals surface area contributed by atoms with E-state index in [1.807, 2.05) is 55.7 Å². The highest BCUT2D eigenvalue weighted by molar-refractivity contribution is 6.04. The number of hydrogen-bond acceptors (Lipinski definition) is 8. The standard InChI is InChI=1S/C26H28N8O/c1-32(2)22-12-21(15-27-17-22)18-4-5-20-16-29-26(30-23(20)13-18)31-25(35)19-6-7-28-24(14-19)34-10-8-33(3)9-11-34/h4-7,12-17H,8-11H2,1-3H3,(H,29,30,31,35). The lowest BCUT2D eigenvalue weighted by Gasteiger charge is -2.33. The molecule has 1 fully saturated rings. The van der Waals surface area contributed by atoms with Gasteiger partial charge in [0.15, 0.2) is 0 Å². The smallest absolute Gasteiger partial charge is 0.258 e. The van der Waals surface area contributed by atoms with Crippen LogP contribution in [0.2, 0.25) is 0 Å². The van der Waals surface area contributed by atoms with Gasteiger partial charge in [-0.25, -0.2) is 15.0 Å². The molecule has 1 amide bonds. The number of fused-ring (bicyclic) bond motifs is 1. The third-order valence-corrected chi connectivity index (χ3v) is 6.22. The molecule has 0 saturated carbocycles. The van der Waals surface area contributed by atoms with Gasteiger partial charge in [0.2, 0.25) is 5.95 Å². The number of rotatable bonds is 5. The number of carbonyl (C=O) groups excluding carboxylic acids is 1. The summed E-state index contributed by atoms with van der Waals surface area (Å²) in [7, 11) is 6.08. The molecule has 9 heteroatoms. The van der Waals surface area contributed by atoms with Crippen molar-refractivity contribution in [2.75, 3.05) is 62.4 Å². The van der Waals surface area contributed by atoms with Crippen molar-refractivity contribution in [2.45, 2.75) is 0 Å². The number of hydrogen-bond donors (Lipinski definition) is 1. The number of nitrogens with one attached hydrogen (secondary N) is 1. The fraction of sp³-hybridized carbons (Fsp3) is 0.269. The zero-order valence-electron chi connectivity index (χ0n) is 20.1. The first-order valence-electron chi connectivity index (χ1n) is 11.6. The van der Waals surface area contributed by atoms with Crippen LogP contribution >= 0.6 is 0 Å². The zero-order chi connectivity index (χ0) is 24.4. The van der Waals surface area contributed by atoms with Gasteiger partial charge in [-0.1, -0.05) is 12.1 Å². The molecule has 0 radical (unpaired) electrons. The Hall–Kier alpha value is -4.11.